The number of benzene rings is 1. The summed E-state index contributed by atoms with van der Waals surface area (Å²) in [7, 11) is 0. The van der Waals surface area contributed by atoms with Crippen molar-refractivity contribution in [1.82, 2.24) is 14.6 Å². The Morgan fingerprint density at radius 3 is 2.89 bits per heavy atom. The Bertz CT molecular complexity index is 705. The van der Waals surface area contributed by atoms with Crippen LogP contribution in [0.1, 0.15) is 11.4 Å². The molecule has 0 aliphatic carbocycles. The molecule has 0 aliphatic rings. The van der Waals surface area contributed by atoms with E-state index >= 15 is 0 Å². The average Bonchev–Trinajstić information content (AvgIpc) is 2.72. The highest BCUT2D eigenvalue weighted by Crippen LogP contribution is 2.12. The highest BCUT2D eigenvalue weighted by molar-refractivity contribution is 5.47. The maximum absolute atomic E-state index is 13.1. The summed E-state index contributed by atoms with van der Waals surface area (Å²) in [4.78, 5) is 0. The summed E-state index contributed by atoms with van der Waals surface area (Å²) in [6, 6.07) is 10.0. The Labute approximate surface area is 103 Å². The fraction of sp³-hybridized carbons (Fsp3) is 0.0769. The summed E-state index contributed by atoms with van der Waals surface area (Å²) in [6.07, 6.45) is 2.28. The van der Waals surface area contributed by atoms with Crippen LogP contribution >= 0.6 is 0 Å². The molecule has 2 heterocycles. The van der Waals surface area contributed by atoms with Crippen LogP contribution in [-0.4, -0.2) is 14.6 Å². The van der Waals surface area contributed by atoms with Crippen molar-refractivity contribution in [3.05, 3.63) is 59.8 Å². The van der Waals surface area contributed by atoms with Crippen molar-refractivity contribution in [2.45, 2.75) is 6.42 Å². The van der Waals surface area contributed by atoms with Gasteiger partial charge in [-0.05, 0) is 29.8 Å². The summed E-state index contributed by atoms with van der Waals surface area (Å²) in [5, 5.41) is 8.14. The third-order valence-electron chi connectivity index (χ3n) is 2.75. The van der Waals surface area contributed by atoms with Gasteiger partial charge in [0.25, 0.3) is 0 Å². The molecule has 4 nitrogen and oxygen atoms in total. The lowest BCUT2D eigenvalue weighted by Gasteiger charge is -2.01. The lowest BCUT2D eigenvalue weighted by Crippen LogP contribution is -1.98. The number of hydrogen-bond donors (Lipinski definition) is 1. The van der Waals surface area contributed by atoms with E-state index in [1.54, 1.807) is 24.4 Å². The standard InChI is InChI=1S/C13H11FN4/c14-10-3-1-2-9(6-10)7-13-17-16-12-5-4-11(15)8-18(12)13/h1-6,8H,7,15H2. The third kappa shape index (κ3) is 1.90. The van der Waals surface area contributed by atoms with Crippen LogP contribution < -0.4 is 5.73 Å². The van der Waals surface area contributed by atoms with Gasteiger partial charge in [-0.1, -0.05) is 12.1 Å². The number of nitrogens with two attached hydrogens (primary N) is 1. The van der Waals surface area contributed by atoms with Crippen molar-refractivity contribution in [3.8, 4) is 0 Å². The van der Waals surface area contributed by atoms with Gasteiger partial charge in [0, 0.05) is 18.3 Å². The average molecular weight is 242 g/mol. The van der Waals surface area contributed by atoms with Crippen LogP contribution in [0.25, 0.3) is 5.65 Å². The van der Waals surface area contributed by atoms with Crippen molar-refractivity contribution in [3.63, 3.8) is 0 Å². The van der Waals surface area contributed by atoms with E-state index in [1.807, 2.05) is 10.5 Å². The highest BCUT2D eigenvalue weighted by Gasteiger charge is 2.06. The normalized spacial score (nSPS) is 10.9. The lowest BCUT2D eigenvalue weighted by atomic mass is 10.1. The summed E-state index contributed by atoms with van der Waals surface area (Å²) in [5.41, 5.74) is 7.96. The van der Waals surface area contributed by atoms with Crippen LogP contribution in [0, 0.1) is 5.82 Å². The molecule has 5 heteroatoms. The molecular weight excluding hydrogens is 231 g/mol. The molecule has 2 N–H and O–H groups in total. The van der Waals surface area contributed by atoms with Crippen molar-refractivity contribution in [1.29, 1.82) is 0 Å². The van der Waals surface area contributed by atoms with Gasteiger partial charge in [0.15, 0.2) is 5.65 Å². The maximum atomic E-state index is 13.1. The number of halogens is 1. The van der Waals surface area contributed by atoms with Crippen LogP contribution in [-0.2, 0) is 6.42 Å². The molecule has 3 rings (SSSR count). The van der Waals surface area contributed by atoms with Gasteiger partial charge in [0.2, 0.25) is 0 Å². The van der Waals surface area contributed by atoms with Crippen molar-refractivity contribution >= 4 is 11.3 Å². The first-order valence-electron chi connectivity index (χ1n) is 5.56. The van der Waals surface area contributed by atoms with Crippen molar-refractivity contribution < 1.29 is 4.39 Å². The molecule has 1 aromatic carbocycles. The number of fused-ring (bicyclic) bond motifs is 1. The summed E-state index contributed by atoms with van der Waals surface area (Å²) in [6.45, 7) is 0. The Balaban J connectivity index is 2.02. The second kappa shape index (κ2) is 4.10. The Kier molecular flexibility index (Phi) is 2.44. The van der Waals surface area contributed by atoms with Crippen LogP contribution in [0.3, 0.4) is 0 Å². The monoisotopic (exact) mass is 242 g/mol. The molecule has 0 saturated carbocycles. The zero-order valence-electron chi connectivity index (χ0n) is 9.55. The summed E-state index contributed by atoms with van der Waals surface area (Å²) < 4.78 is 14.9. The zero-order chi connectivity index (χ0) is 12.5. The minimum atomic E-state index is -0.249. The van der Waals surface area contributed by atoms with E-state index in [4.69, 9.17) is 5.73 Å². The molecule has 0 radical (unpaired) electrons. The van der Waals surface area contributed by atoms with Crippen molar-refractivity contribution in [2.75, 3.05) is 5.73 Å². The number of hydrogen-bond acceptors (Lipinski definition) is 3. The predicted octanol–water partition coefficient (Wildman–Crippen LogP) is 2.04. The van der Waals surface area contributed by atoms with E-state index in [1.165, 1.54) is 12.1 Å². The van der Waals surface area contributed by atoms with E-state index < -0.39 is 0 Å². The van der Waals surface area contributed by atoms with Crippen molar-refractivity contribution in [2.24, 2.45) is 0 Å². The fourth-order valence-electron chi connectivity index (χ4n) is 1.90. The second-order valence-corrected chi connectivity index (χ2v) is 4.11. The zero-order valence-corrected chi connectivity index (χ0v) is 9.55. The molecular formula is C13H11FN4. The van der Waals surface area contributed by atoms with E-state index in [0.717, 1.165) is 17.0 Å². The van der Waals surface area contributed by atoms with E-state index in [0.29, 0.717) is 12.1 Å². The van der Waals surface area contributed by atoms with Gasteiger partial charge in [-0.3, -0.25) is 4.40 Å². The van der Waals surface area contributed by atoms with E-state index in [-0.39, 0.29) is 5.82 Å². The van der Waals surface area contributed by atoms with Crippen LogP contribution in [0.15, 0.2) is 42.6 Å². The van der Waals surface area contributed by atoms with E-state index in [2.05, 4.69) is 10.2 Å². The Morgan fingerprint density at radius 1 is 1.17 bits per heavy atom. The van der Waals surface area contributed by atoms with Gasteiger partial charge >= 0.3 is 0 Å². The number of nitrogen functional groups attached to an aromatic ring is 1. The van der Waals surface area contributed by atoms with Gasteiger partial charge in [-0.25, -0.2) is 4.39 Å². The molecule has 0 unspecified atom stereocenters. The predicted molar refractivity (Wildman–Crippen MR) is 66.6 cm³/mol. The smallest absolute Gasteiger partial charge is 0.160 e. The molecule has 0 amide bonds. The minimum absolute atomic E-state index is 0.249. The number of pyridine rings is 1. The number of nitrogens with zero attached hydrogens (tertiary/aromatic N) is 3. The third-order valence-corrected chi connectivity index (χ3v) is 2.75. The number of aromatic nitrogens is 3. The van der Waals surface area contributed by atoms with Gasteiger partial charge < -0.3 is 5.73 Å². The molecule has 18 heavy (non-hydrogen) atoms. The molecule has 0 spiro atoms. The molecule has 0 fully saturated rings. The quantitative estimate of drug-likeness (QED) is 0.748. The lowest BCUT2D eigenvalue weighted by molar-refractivity contribution is 0.625. The molecule has 90 valence electrons. The topological polar surface area (TPSA) is 56.2 Å². The fourth-order valence-corrected chi connectivity index (χ4v) is 1.90. The summed E-state index contributed by atoms with van der Waals surface area (Å²) in [5.74, 6) is 0.490. The van der Waals surface area contributed by atoms with Crippen LogP contribution in [0.4, 0.5) is 10.1 Å². The first-order valence-corrected chi connectivity index (χ1v) is 5.56. The first kappa shape index (κ1) is 10.7. The van der Waals surface area contributed by atoms with E-state index in [9.17, 15) is 4.39 Å². The molecule has 2 aromatic heterocycles. The molecule has 0 saturated heterocycles. The Hall–Kier alpha value is -2.43. The SMILES string of the molecule is Nc1ccc2nnc(Cc3cccc(F)c3)n2c1. The molecule has 0 atom stereocenters. The second-order valence-electron chi connectivity index (χ2n) is 4.11. The highest BCUT2D eigenvalue weighted by atomic mass is 19.1. The largest absolute Gasteiger partial charge is 0.398 e. The summed E-state index contributed by atoms with van der Waals surface area (Å²) >= 11 is 0. The van der Waals surface area contributed by atoms with Crippen LogP contribution in [0.2, 0.25) is 0 Å². The Morgan fingerprint density at radius 2 is 2.06 bits per heavy atom. The molecule has 0 aliphatic heterocycles. The molecule has 3 aromatic rings. The van der Waals surface area contributed by atoms with Gasteiger partial charge in [0.05, 0.1) is 0 Å². The van der Waals surface area contributed by atoms with Gasteiger partial charge in [-0.2, -0.15) is 0 Å². The maximum Gasteiger partial charge on any atom is 0.160 e. The first-order chi connectivity index (χ1) is 8.72. The van der Waals surface area contributed by atoms with Gasteiger partial charge in [0.1, 0.15) is 11.6 Å². The number of rotatable bonds is 2. The minimum Gasteiger partial charge on any atom is -0.398 e. The van der Waals surface area contributed by atoms with Gasteiger partial charge in [-0.15, -0.1) is 10.2 Å². The molecule has 0 bridgehead atoms. The number of anilines is 1. The van der Waals surface area contributed by atoms with Crippen LogP contribution in [0.5, 0.6) is 0 Å².